The first-order chi connectivity index (χ1) is 9.61. The summed E-state index contributed by atoms with van der Waals surface area (Å²) in [5.74, 6) is 0.0170. The number of hydrogen-bond donors (Lipinski definition) is 2. The topological polar surface area (TPSA) is 61.8 Å². The van der Waals surface area contributed by atoms with Crippen LogP contribution in [0.4, 0.5) is 0 Å². The molecule has 0 aromatic rings. The average molecular weight is 300 g/mol. The Kier molecular flexibility index (Phi) is 6.63. The van der Waals surface area contributed by atoms with E-state index in [0.717, 1.165) is 13.1 Å². The number of rotatable bonds is 6. The summed E-state index contributed by atoms with van der Waals surface area (Å²) < 4.78 is 5.75. The van der Waals surface area contributed by atoms with Crippen LogP contribution >= 0.6 is 0 Å². The predicted octanol–water partition coefficient (Wildman–Crippen LogP) is 1.40. The summed E-state index contributed by atoms with van der Waals surface area (Å²) in [6.07, 6.45) is 0.0263. The van der Waals surface area contributed by atoms with Crippen LogP contribution in [0.5, 0.6) is 0 Å². The summed E-state index contributed by atoms with van der Waals surface area (Å²) in [6, 6.07) is 0. The summed E-state index contributed by atoms with van der Waals surface area (Å²) in [4.78, 5) is 14.3. The fraction of sp³-hybridized carbons (Fsp3) is 0.938. The van der Waals surface area contributed by atoms with Gasteiger partial charge in [-0.3, -0.25) is 9.69 Å². The van der Waals surface area contributed by atoms with Gasteiger partial charge in [0.2, 0.25) is 5.91 Å². The lowest BCUT2D eigenvalue weighted by molar-refractivity contribution is -0.125. The number of carbonyl (C=O) groups excluding carboxylic acids is 1. The van der Waals surface area contributed by atoms with Crippen LogP contribution in [0.25, 0.3) is 0 Å². The summed E-state index contributed by atoms with van der Waals surface area (Å²) >= 11 is 0. The third-order valence-electron chi connectivity index (χ3n) is 4.16. The quantitative estimate of drug-likeness (QED) is 0.778. The van der Waals surface area contributed by atoms with E-state index in [1.807, 2.05) is 13.8 Å². The second kappa shape index (κ2) is 7.56. The lowest BCUT2D eigenvalue weighted by atomic mass is 9.99. The number of nitrogens with one attached hydrogen (secondary N) is 1. The normalized spacial score (nSPS) is 25.9. The summed E-state index contributed by atoms with van der Waals surface area (Å²) in [5.41, 5.74) is -0.120. The Labute approximate surface area is 129 Å². The van der Waals surface area contributed by atoms with Gasteiger partial charge >= 0.3 is 0 Å². The highest BCUT2D eigenvalue weighted by molar-refractivity contribution is 5.76. The molecule has 5 nitrogen and oxygen atoms in total. The molecule has 0 radical (unpaired) electrons. The van der Waals surface area contributed by atoms with Crippen molar-refractivity contribution in [3.05, 3.63) is 0 Å². The average Bonchev–Trinajstić information content (AvgIpc) is 2.35. The van der Waals surface area contributed by atoms with E-state index in [2.05, 4.69) is 37.9 Å². The van der Waals surface area contributed by atoms with Crippen molar-refractivity contribution in [2.45, 2.75) is 71.8 Å². The van der Waals surface area contributed by atoms with Crippen molar-refractivity contribution in [1.29, 1.82) is 0 Å². The molecule has 21 heavy (non-hydrogen) atoms. The summed E-state index contributed by atoms with van der Waals surface area (Å²) in [7, 11) is 0. The lowest BCUT2D eigenvalue weighted by Gasteiger charge is -2.45. The van der Waals surface area contributed by atoms with Gasteiger partial charge in [-0.1, -0.05) is 13.8 Å². The molecule has 3 unspecified atom stereocenters. The maximum absolute atomic E-state index is 11.9. The molecule has 1 rings (SSSR count). The number of aliphatic hydroxyl groups excluding tert-OH is 1. The number of nitrogens with zero attached hydrogens (tertiary/aromatic N) is 1. The van der Waals surface area contributed by atoms with Crippen LogP contribution in [0.15, 0.2) is 0 Å². The number of carbonyl (C=O) groups is 1. The molecule has 0 spiro atoms. The van der Waals surface area contributed by atoms with Crippen molar-refractivity contribution >= 4 is 5.91 Å². The molecule has 1 saturated heterocycles. The van der Waals surface area contributed by atoms with Crippen LogP contribution in [0.1, 0.15) is 48.0 Å². The van der Waals surface area contributed by atoms with Gasteiger partial charge in [-0.05, 0) is 33.6 Å². The molecule has 0 bridgehead atoms. The molecule has 5 heteroatoms. The first-order valence-corrected chi connectivity index (χ1v) is 7.97. The highest BCUT2D eigenvalue weighted by Gasteiger charge is 2.33. The molecule has 0 saturated carbocycles. The fourth-order valence-corrected chi connectivity index (χ4v) is 2.60. The second-order valence-electron chi connectivity index (χ2n) is 7.27. The molecule has 1 fully saturated rings. The molecule has 3 atom stereocenters. The van der Waals surface area contributed by atoms with Gasteiger partial charge in [0.1, 0.15) is 0 Å². The maximum atomic E-state index is 11.9. The van der Waals surface area contributed by atoms with E-state index in [9.17, 15) is 9.90 Å². The Hall–Kier alpha value is -0.650. The van der Waals surface area contributed by atoms with Crippen molar-refractivity contribution in [2.24, 2.45) is 5.92 Å². The SMILES string of the molecule is CC1CN(C(C)(C)CNC(=O)CC(O)C(C)C)CC(C)O1. The van der Waals surface area contributed by atoms with Gasteiger partial charge in [0, 0.05) is 25.2 Å². The predicted molar refractivity (Wildman–Crippen MR) is 84.1 cm³/mol. The Balaban J connectivity index is 2.46. The highest BCUT2D eigenvalue weighted by atomic mass is 16.5. The van der Waals surface area contributed by atoms with E-state index in [4.69, 9.17) is 4.74 Å². The van der Waals surface area contributed by atoms with Crippen LogP contribution in [0, 0.1) is 5.92 Å². The van der Waals surface area contributed by atoms with Gasteiger partial charge in [-0.25, -0.2) is 0 Å². The van der Waals surface area contributed by atoms with E-state index < -0.39 is 6.10 Å². The van der Waals surface area contributed by atoms with E-state index in [1.54, 1.807) is 0 Å². The Bertz CT molecular complexity index is 334. The van der Waals surface area contributed by atoms with Crippen molar-refractivity contribution in [1.82, 2.24) is 10.2 Å². The molecule has 0 aromatic carbocycles. The number of morpholine rings is 1. The molecular weight excluding hydrogens is 268 g/mol. The minimum atomic E-state index is -0.573. The fourth-order valence-electron chi connectivity index (χ4n) is 2.60. The van der Waals surface area contributed by atoms with E-state index in [1.165, 1.54) is 0 Å². The standard InChI is InChI=1S/C16H32N2O3/c1-11(2)14(19)7-15(20)17-10-16(5,6)18-8-12(3)21-13(4)9-18/h11-14,19H,7-10H2,1-6H3,(H,17,20). The van der Waals surface area contributed by atoms with Crippen LogP contribution < -0.4 is 5.32 Å². The molecule has 1 heterocycles. The van der Waals surface area contributed by atoms with Gasteiger partial charge < -0.3 is 15.2 Å². The summed E-state index contributed by atoms with van der Waals surface area (Å²) in [6.45, 7) is 14.6. The van der Waals surface area contributed by atoms with Crippen molar-refractivity contribution in [2.75, 3.05) is 19.6 Å². The third-order valence-corrected chi connectivity index (χ3v) is 4.16. The van der Waals surface area contributed by atoms with Gasteiger partial charge in [0.05, 0.1) is 24.7 Å². The minimum Gasteiger partial charge on any atom is -0.392 e. The Morgan fingerprint density at radius 1 is 1.33 bits per heavy atom. The molecule has 2 N–H and O–H groups in total. The maximum Gasteiger partial charge on any atom is 0.222 e. The number of hydrogen-bond acceptors (Lipinski definition) is 4. The molecule has 0 aliphatic carbocycles. The van der Waals surface area contributed by atoms with Crippen LogP contribution in [0.3, 0.4) is 0 Å². The third kappa shape index (κ3) is 5.93. The lowest BCUT2D eigenvalue weighted by Crippen LogP contribution is -2.58. The van der Waals surface area contributed by atoms with Crippen LogP contribution in [-0.4, -0.2) is 59.4 Å². The zero-order valence-electron chi connectivity index (χ0n) is 14.3. The largest absolute Gasteiger partial charge is 0.392 e. The Morgan fingerprint density at radius 3 is 2.33 bits per heavy atom. The van der Waals surface area contributed by atoms with E-state index in [-0.39, 0.29) is 36.0 Å². The monoisotopic (exact) mass is 300 g/mol. The first kappa shape index (κ1) is 18.4. The van der Waals surface area contributed by atoms with Crippen LogP contribution in [0.2, 0.25) is 0 Å². The van der Waals surface area contributed by atoms with Crippen molar-refractivity contribution in [3.8, 4) is 0 Å². The minimum absolute atomic E-state index is 0.0846. The highest BCUT2D eigenvalue weighted by Crippen LogP contribution is 2.20. The molecular formula is C16H32N2O3. The van der Waals surface area contributed by atoms with Gasteiger partial charge in [0.15, 0.2) is 0 Å². The number of aliphatic hydroxyl groups is 1. The molecule has 1 aliphatic heterocycles. The van der Waals surface area contributed by atoms with Crippen molar-refractivity contribution < 1.29 is 14.6 Å². The van der Waals surface area contributed by atoms with Gasteiger partial charge in [0.25, 0.3) is 0 Å². The van der Waals surface area contributed by atoms with E-state index >= 15 is 0 Å². The molecule has 1 aliphatic rings. The first-order valence-electron chi connectivity index (χ1n) is 7.97. The van der Waals surface area contributed by atoms with Gasteiger partial charge in [-0.15, -0.1) is 0 Å². The molecule has 1 amide bonds. The number of ether oxygens (including phenoxy) is 1. The number of amides is 1. The zero-order valence-corrected chi connectivity index (χ0v) is 14.3. The summed E-state index contributed by atoms with van der Waals surface area (Å²) in [5, 5.41) is 12.7. The molecule has 0 aromatic heterocycles. The van der Waals surface area contributed by atoms with Gasteiger partial charge in [-0.2, -0.15) is 0 Å². The van der Waals surface area contributed by atoms with E-state index in [0.29, 0.717) is 6.54 Å². The van der Waals surface area contributed by atoms with Crippen LogP contribution in [-0.2, 0) is 9.53 Å². The smallest absolute Gasteiger partial charge is 0.222 e. The second-order valence-corrected chi connectivity index (χ2v) is 7.27. The zero-order chi connectivity index (χ0) is 16.2. The Morgan fingerprint density at radius 2 is 1.86 bits per heavy atom. The molecule has 124 valence electrons. The van der Waals surface area contributed by atoms with Crippen molar-refractivity contribution in [3.63, 3.8) is 0 Å².